The summed E-state index contributed by atoms with van der Waals surface area (Å²) in [5.74, 6) is 0.0531. The molecule has 1 aromatic rings. The third kappa shape index (κ3) is 2.26. The number of carbonyl (C=O) groups excluding carboxylic acids is 1. The van der Waals surface area contributed by atoms with Crippen molar-refractivity contribution in [2.24, 2.45) is 5.41 Å². The van der Waals surface area contributed by atoms with Crippen LogP contribution in [0.15, 0.2) is 12.4 Å². The molecule has 0 aromatic carbocycles. The molecular formula is C16H24N4O2. The third-order valence-corrected chi connectivity index (χ3v) is 5.36. The van der Waals surface area contributed by atoms with E-state index in [1.807, 2.05) is 14.0 Å². The fourth-order valence-electron chi connectivity index (χ4n) is 4.22. The van der Waals surface area contributed by atoms with Gasteiger partial charge in [0.1, 0.15) is 0 Å². The molecule has 6 heteroatoms. The Bertz CT molecular complexity index is 557. The van der Waals surface area contributed by atoms with E-state index in [1.54, 1.807) is 4.90 Å². The van der Waals surface area contributed by atoms with Crippen LogP contribution in [-0.4, -0.2) is 46.6 Å². The van der Waals surface area contributed by atoms with Crippen LogP contribution in [0.4, 0.5) is 5.82 Å². The lowest BCUT2D eigenvalue weighted by Gasteiger charge is -2.56. The fourth-order valence-corrected chi connectivity index (χ4v) is 4.22. The van der Waals surface area contributed by atoms with Gasteiger partial charge >= 0.3 is 0 Å². The van der Waals surface area contributed by atoms with Gasteiger partial charge in [0.05, 0.1) is 6.10 Å². The zero-order valence-corrected chi connectivity index (χ0v) is 13.3. The van der Waals surface area contributed by atoms with Gasteiger partial charge in [-0.2, -0.15) is 0 Å². The molecular weight excluding hydrogens is 280 g/mol. The van der Waals surface area contributed by atoms with Gasteiger partial charge in [0.25, 0.3) is 5.91 Å². The molecule has 6 nitrogen and oxygen atoms in total. The maximum Gasteiger partial charge on any atom is 0.276 e. The van der Waals surface area contributed by atoms with Crippen LogP contribution in [0.3, 0.4) is 0 Å². The van der Waals surface area contributed by atoms with Gasteiger partial charge in [-0.1, -0.05) is 12.8 Å². The first-order chi connectivity index (χ1) is 10.6. The first kappa shape index (κ1) is 15.2. The third-order valence-electron chi connectivity index (χ3n) is 5.36. The maximum absolute atomic E-state index is 12.7. The van der Waals surface area contributed by atoms with Gasteiger partial charge in [0, 0.05) is 37.5 Å². The maximum atomic E-state index is 12.7. The lowest BCUT2D eigenvalue weighted by molar-refractivity contribution is -0.152. The number of nitrogens with two attached hydrogens (primary N) is 1. The number of nitrogens with zero attached hydrogens (tertiary/aromatic N) is 3. The SMILES string of the molecule is CCO[C@@H]1C[C@@H](N(C)C(=O)c2nccnc2N)C12CCCC2. The van der Waals surface area contributed by atoms with Crippen LogP contribution in [0.2, 0.25) is 0 Å². The number of rotatable bonds is 4. The van der Waals surface area contributed by atoms with Gasteiger partial charge in [-0.3, -0.25) is 4.79 Å². The van der Waals surface area contributed by atoms with Crippen LogP contribution in [0.1, 0.15) is 49.5 Å². The predicted molar refractivity (Wildman–Crippen MR) is 83.3 cm³/mol. The predicted octanol–water partition coefficient (Wildman–Crippen LogP) is 1.87. The highest BCUT2D eigenvalue weighted by Crippen LogP contribution is 2.56. The van der Waals surface area contributed by atoms with Crippen molar-refractivity contribution in [3.05, 3.63) is 18.1 Å². The van der Waals surface area contributed by atoms with Crippen molar-refractivity contribution in [3.63, 3.8) is 0 Å². The van der Waals surface area contributed by atoms with Crippen molar-refractivity contribution in [1.82, 2.24) is 14.9 Å². The van der Waals surface area contributed by atoms with Crippen molar-refractivity contribution in [2.45, 2.75) is 51.2 Å². The lowest BCUT2D eigenvalue weighted by Crippen LogP contribution is -2.64. The Morgan fingerprint density at radius 2 is 2.09 bits per heavy atom. The van der Waals surface area contributed by atoms with Crippen molar-refractivity contribution < 1.29 is 9.53 Å². The van der Waals surface area contributed by atoms with Crippen molar-refractivity contribution in [3.8, 4) is 0 Å². The Hall–Kier alpha value is -1.69. The fraction of sp³-hybridized carbons (Fsp3) is 0.688. The highest BCUT2D eigenvalue weighted by atomic mass is 16.5. The number of aromatic nitrogens is 2. The highest BCUT2D eigenvalue weighted by Gasteiger charge is 2.59. The summed E-state index contributed by atoms with van der Waals surface area (Å²) < 4.78 is 5.91. The van der Waals surface area contributed by atoms with E-state index in [-0.39, 0.29) is 35.0 Å². The molecule has 2 atom stereocenters. The lowest BCUT2D eigenvalue weighted by atomic mass is 9.60. The molecule has 1 spiro atoms. The molecule has 2 fully saturated rings. The summed E-state index contributed by atoms with van der Waals surface area (Å²) in [6.45, 7) is 2.76. The molecule has 0 radical (unpaired) electrons. The number of anilines is 1. The van der Waals surface area contributed by atoms with Crippen LogP contribution < -0.4 is 5.73 Å². The van der Waals surface area contributed by atoms with Crippen LogP contribution >= 0.6 is 0 Å². The van der Waals surface area contributed by atoms with Crippen LogP contribution in [0.5, 0.6) is 0 Å². The molecule has 0 unspecified atom stereocenters. The number of ether oxygens (including phenoxy) is 1. The van der Waals surface area contributed by atoms with Gasteiger partial charge in [-0.05, 0) is 26.2 Å². The second-order valence-electron chi connectivity index (χ2n) is 6.34. The van der Waals surface area contributed by atoms with E-state index in [4.69, 9.17) is 10.5 Å². The molecule has 2 aliphatic carbocycles. The summed E-state index contributed by atoms with van der Waals surface area (Å²) in [6, 6.07) is 0.209. The molecule has 0 saturated heterocycles. The number of carbonyl (C=O) groups is 1. The van der Waals surface area contributed by atoms with Gasteiger partial charge in [0.15, 0.2) is 11.5 Å². The molecule has 2 aliphatic rings. The van der Waals surface area contributed by atoms with E-state index < -0.39 is 0 Å². The van der Waals surface area contributed by atoms with E-state index in [1.165, 1.54) is 25.2 Å². The molecule has 2 saturated carbocycles. The Morgan fingerprint density at radius 3 is 2.73 bits per heavy atom. The van der Waals surface area contributed by atoms with E-state index in [2.05, 4.69) is 9.97 Å². The Morgan fingerprint density at radius 1 is 1.41 bits per heavy atom. The molecule has 1 amide bonds. The highest BCUT2D eigenvalue weighted by molar-refractivity contribution is 5.96. The Balaban J connectivity index is 1.79. The van der Waals surface area contributed by atoms with Gasteiger partial charge in [0.2, 0.25) is 0 Å². The summed E-state index contributed by atoms with van der Waals surface area (Å²) in [6.07, 6.45) is 8.89. The summed E-state index contributed by atoms with van der Waals surface area (Å²) in [5, 5.41) is 0. The number of hydrogen-bond donors (Lipinski definition) is 1. The standard InChI is InChI=1S/C16H24N4O2/c1-3-22-12-10-11(16(12)6-4-5-7-16)20(2)15(21)13-14(17)19-9-8-18-13/h8-9,11-12H,3-7,10H2,1-2H3,(H2,17,19)/t11-,12-/m1/s1. The summed E-state index contributed by atoms with van der Waals surface area (Å²) in [7, 11) is 1.85. The van der Waals surface area contributed by atoms with Crippen LogP contribution in [0.25, 0.3) is 0 Å². The molecule has 2 N–H and O–H groups in total. The second kappa shape index (κ2) is 5.83. The average Bonchev–Trinajstić information content (AvgIpc) is 3.03. The summed E-state index contributed by atoms with van der Waals surface area (Å²) in [4.78, 5) is 22.6. The monoisotopic (exact) mass is 304 g/mol. The number of hydrogen-bond acceptors (Lipinski definition) is 5. The zero-order chi connectivity index (χ0) is 15.7. The van der Waals surface area contributed by atoms with E-state index in [0.717, 1.165) is 25.9 Å². The topological polar surface area (TPSA) is 81.3 Å². The van der Waals surface area contributed by atoms with E-state index in [0.29, 0.717) is 0 Å². The smallest absolute Gasteiger partial charge is 0.276 e. The summed E-state index contributed by atoms with van der Waals surface area (Å²) >= 11 is 0. The minimum absolute atomic E-state index is 0.122. The van der Waals surface area contributed by atoms with Crippen LogP contribution in [-0.2, 0) is 4.74 Å². The Kier molecular flexibility index (Phi) is 4.04. The van der Waals surface area contributed by atoms with Gasteiger partial charge in [-0.15, -0.1) is 0 Å². The van der Waals surface area contributed by atoms with Crippen molar-refractivity contribution in [2.75, 3.05) is 19.4 Å². The number of nitrogen functional groups attached to an aromatic ring is 1. The van der Waals surface area contributed by atoms with Crippen LogP contribution in [0, 0.1) is 5.41 Å². The summed E-state index contributed by atoms with van der Waals surface area (Å²) in [5.41, 5.74) is 6.16. The molecule has 3 rings (SSSR count). The van der Waals surface area contributed by atoms with Gasteiger partial charge in [-0.25, -0.2) is 9.97 Å². The molecule has 1 aromatic heterocycles. The molecule has 1 heterocycles. The first-order valence-electron chi connectivity index (χ1n) is 8.05. The van der Waals surface area contributed by atoms with Crippen molar-refractivity contribution in [1.29, 1.82) is 0 Å². The largest absolute Gasteiger partial charge is 0.382 e. The molecule has 0 aliphatic heterocycles. The normalized spacial score (nSPS) is 25.9. The minimum atomic E-state index is -0.142. The Labute approximate surface area is 131 Å². The van der Waals surface area contributed by atoms with Crippen molar-refractivity contribution >= 4 is 11.7 Å². The molecule has 22 heavy (non-hydrogen) atoms. The molecule has 120 valence electrons. The van der Waals surface area contributed by atoms with E-state index in [9.17, 15) is 4.79 Å². The number of amides is 1. The quantitative estimate of drug-likeness (QED) is 0.918. The zero-order valence-electron chi connectivity index (χ0n) is 13.3. The van der Waals surface area contributed by atoms with E-state index >= 15 is 0 Å². The average molecular weight is 304 g/mol. The first-order valence-corrected chi connectivity index (χ1v) is 8.05. The minimum Gasteiger partial charge on any atom is -0.382 e. The van der Waals surface area contributed by atoms with Gasteiger partial charge < -0.3 is 15.4 Å². The molecule has 0 bridgehead atoms. The second-order valence-corrected chi connectivity index (χ2v) is 6.34.